The summed E-state index contributed by atoms with van der Waals surface area (Å²) in [5, 5.41) is 3.42. The van der Waals surface area contributed by atoms with Crippen LogP contribution in [0.2, 0.25) is 0 Å². The molecule has 6 nitrogen and oxygen atoms in total. The Hall–Kier alpha value is -1.86. The summed E-state index contributed by atoms with van der Waals surface area (Å²) in [5.74, 6) is 0.895. The quantitative estimate of drug-likeness (QED) is 0.613. The number of hydrogen-bond acceptors (Lipinski definition) is 6. The number of amides is 1. The smallest absolute Gasteiger partial charge is 0.233 e. The van der Waals surface area contributed by atoms with Crippen molar-refractivity contribution in [2.45, 2.75) is 36.2 Å². The molecule has 2 aromatic rings. The first-order valence-corrected chi connectivity index (χ1v) is 9.11. The average molecular weight is 346 g/mol. The minimum Gasteiger partial charge on any atom is -0.468 e. The molecule has 3 heterocycles. The van der Waals surface area contributed by atoms with Crippen LogP contribution in [0.4, 0.5) is 0 Å². The third-order valence-corrected chi connectivity index (χ3v) is 5.11. The van der Waals surface area contributed by atoms with Gasteiger partial charge in [-0.15, -0.1) is 0 Å². The molecular formula is C17H22N4O2S. The number of likely N-dealkylation sites (tertiary alicyclic amines) is 1. The van der Waals surface area contributed by atoms with Crippen LogP contribution < -0.4 is 5.32 Å². The third kappa shape index (κ3) is 4.36. The number of furan rings is 1. The number of nitrogens with one attached hydrogen (secondary N) is 1. The third-order valence-electron chi connectivity index (χ3n) is 4.12. The molecule has 3 rings (SSSR count). The highest BCUT2D eigenvalue weighted by Gasteiger charge is 2.26. The molecule has 24 heavy (non-hydrogen) atoms. The van der Waals surface area contributed by atoms with Gasteiger partial charge < -0.3 is 9.73 Å². The normalized spacial score (nSPS) is 17.5. The van der Waals surface area contributed by atoms with E-state index in [4.69, 9.17) is 4.42 Å². The predicted octanol–water partition coefficient (Wildman–Crippen LogP) is 2.50. The topological polar surface area (TPSA) is 71.3 Å². The van der Waals surface area contributed by atoms with Crippen LogP contribution in [0.25, 0.3) is 0 Å². The van der Waals surface area contributed by atoms with Gasteiger partial charge in [0, 0.05) is 18.9 Å². The number of rotatable bonds is 7. The largest absolute Gasteiger partial charge is 0.468 e. The van der Waals surface area contributed by atoms with Crippen LogP contribution in [-0.4, -0.2) is 45.7 Å². The van der Waals surface area contributed by atoms with Crippen molar-refractivity contribution in [3.05, 3.63) is 42.6 Å². The fraction of sp³-hybridized carbons (Fsp3) is 0.471. The molecule has 0 bridgehead atoms. The molecule has 0 unspecified atom stereocenters. The second-order valence-corrected chi connectivity index (χ2v) is 7.12. The van der Waals surface area contributed by atoms with Crippen LogP contribution in [-0.2, 0) is 4.79 Å². The van der Waals surface area contributed by atoms with E-state index in [0.29, 0.717) is 11.7 Å². The molecule has 1 N–H and O–H groups in total. The van der Waals surface area contributed by atoms with Crippen LogP contribution in [0.15, 0.2) is 46.4 Å². The Bertz CT molecular complexity index is 629. The van der Waals surface area contributed by atoms with E-state index in [1.54, 1.807) is 24.7 Å². The molecule has 0 saturated carbocycles. The van der Waals surface area contributed by atoms with Crippen molar-refractivity contribution in [2.75, 3.05) is 19.6 Å². The van der Waals surface area contributed by atoms with Gasteiger partial charge in [0.2, 0.25) is 5.91 Å². The van der Waals surface area contributed by atoms with Crippen LogP contribution in [0.5, 0.6) is 0 Å². The molecule has 1 aliphatic rings. The van der Waals surface area contributed by atoms with Crippen LogP contribution in [0, 0.1) is 0 Å². The lowest BCUT2D eigenvalue weighted by Crippen LogP contribution is -2.39. The van der Waals surface area contributed by atoms with Crippen molar-refractivity contribution in [1.29, 1.82) is 0 Å². The van der Waals surface area contributed by atoms with Crippen molar-refractivity contribution in [3.8, 4) is 0 Å². The summed E-state index contributed by atoms with van der Waals surface area (Å²) in [6.45, 7) is 4.51. The summed E-state index contributed by atoms with van der Waals surface area (Å²) in [7, 11) is 0. The molecule has 1 aliphatic heterocycles. The lowest BCUT2D eigenvalue weighted by Gasteiger charge is -2.26. The Kier molecular flexibility index (Phi) is 5.87. The van der Waals surface area contributed by atoms with Crippen LogP contribution in [0.3, 0.4) is 0 Å². The van der Waals surface area contributed by atoms with Crippen LogP contribution >= 0.6 is 11.8 Å². The monoisotopic (exact) mass is 346 g/mol. The lowest BCUT2D eigenvalue weighted by molar-refractivity contribution is -0.120. The Morgan fingerprint density at radius 3 is 2.75 bits per heavy atom. The molecule has 0 radical (unpaired) electrons. The second-order valence-electron chi connectivity index (χ2n) is 5.81. The van der Waals surface area contributed by atoms with E-state index < -0.39 is 0 Å². The highest BCUT2D eigenvalue weighted by molar-refractivity contribution is 8.00. The minimum absolute atomic E-state index is 0.0109. The highest BCUT2D eigenvalue weighted by atomic mass is 32.2. The zero-order chi connectivity index (χ0) is 16.8. The zero-order valence-corrected chi connectivity index (χ0v) is 14.5. The maximum atomic E-state index is 12.4. The van der Waals surface area contributed by atoms with Gasteiger partial charge in [-0.25, -0.2) is 9.97 Å². The van der Waals surface area contributed by atoms with Gasteiger partial charge in [0.25, 0.3) is 0 Å². The molecule has 2 atom stereocenters. The van der Waals surface area contributed by atoms with E-state index in [-0.39, 0.29) is 17.2 Å². The first-order chi connectivity index (χ1) is 11.7. The number of thioether (sulfide) groups is 1. The summed E-state index contributed by atoms with van der Waals surface area (Å²) in [6.07, 6.45) is 7.44. The Labute approximate surface area is 146 Å². The zero-order valence-electron chi connectivity index (χ0n) is 13.7. The van der Waals surface area contributed by atoms with Gasteiger partial charge >= 0.3 is 0 Å². The summed E-state index contributed by atoms with van der Waals surface area (Å²) in [5.41, 5.74) is 0. The molecule has 128 valence electrons. The molecule has 2 aromatic heterocycles. The van der Waals surface area contributed by atoms with E-state index in [2.05, 4.69) is 20.2 Å². The number of carbonyl (C=O) groups is 1. The van der Waals surface area contributed by atoms with Crippen molar-refractivity contribution in [2.24, 2.45) is 0 Å². The van der Waals surface area contributed by atoms with E-state index >= 15 is 0 Å². The lowest BCUT2D eigenvalue weighted by atomic mass is 10.2. The van der Waals surface area contributed by atoms with Gasteiger partial charge in [-0.05, 0) is 51.1 Å². The summed E-state index contributed by atoms with van der Waals surface area (Å²) >= 11 is 1.36. The molecule has 1 saturated heterocycles. The number of carbonyl (C=O) groups excluding carboxylic acids is 1. The SMILES string of the molecule is C[C@H](Sc1ncccn1)C(=O)NC[C@H](c1ccco1)N1CCCC1. The first kappa shape index (κ1) is 17.0. The highest BCUT2D eigenvalue weighted by Crippen LogP contribution is 2.25. The van der Waals surface area contributed by atoms with Crippen molar-refractivity contribution >= 4 is 17.7 Å². The number of hydrogen-bond donors (Lipinski definition) is 1. The van der Waals surface area contributed by atoms with Crippen molar-refractivity contribution in [3.63, 3.8) is 0 Å². The molecule has 1 fully saturated rings. The summed E-state index contributed by atoms with van der Waals surface area (Å²) in [6, 6.07) is 5.73. The van der Waals surface area contributed by atoms with Crippen molar-refractivity contribution in [1.82, 2.24) is 20.2 Å². The minimum atomic E-state index is -0.247. The molecule has 1 amide bonds. The van der Waals surface area contributed by atoms with Crippen LogP contribution in [0.1, 0.15) is 31.6 Å². The molecule has 0 spiro atoms. The molecule has 0 aromatic carbocycles. The second kappa shape index (κ2) is 8.30. The Morgan fingerprint density at radius 1 is 1.33 bits per heavy atom. The summed E-state index contributed by atoms with van der Waals surface area (Å²) < 4.78 is 5.58. The van der Waals surface area contributed by atoms with Gasteiger partial charge in [0.15, 0.2) is 5.16 Å². The van der Waals surface area contributed by atoms with E-state index in [1.807, 2.05) is 19.1 Å². The van der Waals surface area contributed by atoms with E-state index in [1.165, 1.54) is 24.6 Å². The molecular weight excluding hydrogens is 324 g/mol. The number of nitrogens with zero attached hydrogens (tertiary/aromatic N) is 3. The Balaban J connectivity index is 1.56. The van der Waals surface area contributed by atoms with E-state index in [0.717, 1.165) is 18.8 Å². The van der Waals surface area contributed by atoms with Gasteiger partial charge in [0.1, 0.15) is 5.76 Å². The Morgan fingerprint density at radius 2 is 2.08 bits per heavy atom. The maximum Gasteiger partial charge on any atom is 0.233 e. The molecule has 7 heteroatoms. The van der Waals surface area contributed by atoms with Crippen molar-refractivity contribution < 1.29 is 9.21 Å². The van der Waals surface area contributed by atoms with Gasteiger partial charge in [-0.2, -0.15) is 0 Å². The maximum absolute atomic E-state index is 12.4. The van der Waals surface area contributed by atoms with Gasteiger partial charge in [-0.3, -0.25) is 9.69 Å². The van der Waals surface area contributed by atoms with Gasteiger partial charge in [0.05, 0.1) is 17.6 Å². The van der Waals surface area contributed by atoms with E-state index in [9.17, 15) is 4.79 Å². The fourth-order valence-electron chi connectivity index (χ4n) is 2.84. The predicted molar refractivity (Wildman–Crippen MR) is 92.6 cm³/mol. The first-order valence-electron chi connectivity index (χ1n) is 8.23. The standard InChI is InChI=1S/C17H22N4O2S/c1-13(24-17-18-7-5-8-19-17)16(22)20-12-14(15-6-4-11-23-15)21-9-2-3-10-21/h4-8,11,13-14H,2-3,9-10,12H2,1H3,(H,20,22)/t13-,14+/m0/s1. The average Bonchev–Trinajstić information content (AvgIpc) is 3.30. The fourth-order valence-corrected chi connectivity index (χ4v) is 3.59. The molecule has 0 aliphatic carbocycles. The summed E-state index contributed by atoms with van der Waals surface area (Å²) in [4.78, 5) is 23.1. The number of aromatic nitrogens is 2. The van der Waals surface area contributed by atoms with Gasteiger partial charge in [-0.1, -0.05) is 11.8 Å².